The molecule has 0 aliphatic carbocycles. The van der Waals surface area contributed by atoms with Crippen molar-refractivity contribution >= 4 is 43.5 Å². The van der Waals surface area contributed by atoms with Gasteiger partial charge >= 0.3 is 0 Å². The second-order valence-corrected chi connectivity index (χ2v) is 13.4. The number of hydrogen-bond donors (Lipinski definition) is 1. The standard InChI is InChI=1S/C30H36BrN3O5S/c1-21-7-13-25(14-8-21)34(40(37,38)27-17-15-26(39-6)16-18-27)20-28(35)33(19-23-9-11-24(31)12-10-23)22(2)29(36)32-30(3,4)5/h7-18,22H,19-20H2,1-6H3,(H,32,36)/t22-/m0/s1. The quantitative estimate of drug-likeness (QED) is 0.329. The van der Waals surface area contributed by atoms with Crippen molar-refractivity contribution in [2.75, 3.05) is 18.0 Å². The van der Waals surface area contributed by atoms with Crippen LogP contribution in [0.3, 0.4) is 0 Å². The minimum absolute atomic E-state index is 0.0136. The van der Waals surface area contributed by atoms with Crippen molar-refractivity contribution < 1.29 is 22.7 Å². The van der Waals surface area contributed by atoms with Crippen LogP contribution in [-0.4, -0.2) is 50.4 Å². The van der Waals surface area contributed by atoms with E-state index in [1.165, 1.54) is 24.1 Å². The lowest BCUT2D eigenvalue weighted by Crippen LogP contribution is -2.54. The molecule has 214 valence electrons. The van der Waals surface area contributed by atoms with E-state index in [2.05, 4.69) is 21.2 Å². The number of benzene rings is 3. The lowest BCUT2D eigenvalue weighted by molar-refractivity contribution is -0.140. The molecule has 0 aromatic heterocycles. The molecule has 3 aromatic carbocycles. The van der Waals surface area contributed by atoms with Gasteiger partial charge in [-0.15, -0.1) is 0 Å². The molecular weight excluding hydrogens is 594 g/mol. The number of amides is 2. The van der Waals surface area contributed by atoms with Gasteiger partial charge in [0.1, 0.15) is 18.3 Å². The molecule has 0 fully saturated rings. The highest BCUT2D eigenvalue weighted by molar-refractivity contribution is 9.10. The Morgan fingerprint density at radius 3 is 2.05 bits per heavy atom. The molecule has 0 aliphatic heterocycles. The fourth-order valence-electron chi connectivity index (χ4n) is 3.96. The van der Waals surface area contributed by atoms with Crippen molar-refractivity contribution in [3.8, 4) is 5.75 Å². The summed E-state index contributed by atoms with van der Waals surface area (Å²) >= 11 is 3.42. The predicted molar refractivity (Wildman–Crippen MR) is 161 cm³/mol. The number of carbonyl (C=O) groups excluding carboxylic acids is 2. The van der Waals surface area contributed by atoms with E-state index in [1.54, 1.807) is 43.3 Å². The van der Waals surface area contributed by atoms with Crippen LogP contribution in [-0.2, 0) is 26.2 Å². The zero-order valence-corrected chi connectivity index (χ0v) is 26.0. The number of nitrogens with one attached hydrogen (secondary N) is 1. The highest BCUT2D eigenvalue weighted by Gasteiger charge is 2.33. The molecule has 3 rings (SSSR count). The number of carbonyl (C=O) groups is 2. The molecule has 1 N–H and O–H groups in total. The van der Waals surface area contributed by atoms with Gasteiger partial charge in [-0.3, -0.25) is 13.9 Å². The Labute approximate surface area is 245 Å². The third kappa shape index (κ3) is 8.08. The van der Waals surface area contributed by atoms with Crippen molar-refractivity contribution in [1.29, 1.82) is 0 Å². The molecule has 0 heterocycles. The number of anilines is 1. The summed E-state index contributed by atoms with van der Waals surface area (Å²) in [6.07, 6.45) is 0. The van der Waals surface area contributed by atoms with Crippen molar-refractivity contribution in [2.45, 2.75) is 57.6 Å². The van der Waals surface area contributed by atoms with E-state index in [1.807, 2.05) is 52.0 Å². The van der Waals surface area contributed by atoms with Crippen molar-refractivity contribution in [2.24, 2.45) is 0 Å². The van der Waals surface area contributed by atoms with Crippen LogP contribution >= 0.6 is 15.9 Å². The smallest absolute Gasteiger partial charge is 0.264 e. The minimum Gasteiger partial charge on any atom is -0.497 e. The number of rotatable bonds is 10. The molecule has 0 bridgehead atoms. The Kier molecular flexibility index (Phi) is 10.0. The Balaban J connectivity index is 2.03. The second kappa shape index (κ2) is 12.9. The van der Waals surface area contributed by atoms with Gasteiger partial charge in [-0.05, 0) is 88.7 Å². The molecule has 0 radical (unpaired) electrons. The Morgan fingerprint density at radius 2 is 1.52 bits per heavy atom. The first-order chi connectivity index (χ1) is 18.7. The molecule has 2 amide bonds. The van der Waals surface area contributed by atoms with Gasteiger partial charge < -0.3 is 15.0 Å². The fourth-order valence-corrected chi connectivity index (χ4v) is 5.64. The Hall–Kier alpha value is -3.37. The maximum Gasteiger partial charge on any atom is 0.264 e. The summed E-state index contributed by atoms with van der Waals surface area (Å²) in [4.78, 5) is 28.6. The van der Waals surface area contributed by atoms with Crippen LogP contribution in [0.1, 0.15) is 38.8 Å². The molecule has 0 spiro atoms. The van der Waals surface area contributed by atoms with Gasteiger partial charge in [-0.1, -0.05) is 45.8 Å². The third-order valence-electron chi connectivity index (χ3n) is 6.18. The Morgan fingerprint density at radius 1 is 0.950 bits per heavy atom. The van der Waals surface area contributed by atoms with Crippen LogP contribution in [0.4, 0.5) is 5.69 Å². The topological polar surface area (TPSA) is 96.0 Å². The molecule has 10 heteroatoms. The average Bonchev–Trinajstić information content (AvgIpc) is 2.90. The maximum absolute atomic E-state index is 14.0. The summed E-state index contributed by atoms with van der Waals surface area (Å²) in [6.45, 7) is 8.74. The molecule has 3 aromatic rings. The number of ether oxygens (including phenoxy) is 1. The van der Waals surface area contributed by atoms with E-state index in [-0.39, 0.29) is 17.3 Å². The third-order valence-corrected chi connectivity index (χ3v) is 8.50. The van der Waals surface area contributed by atoms with E-state index >= 15 is 0 Å². The maximum atomic E-state index is 14.0. The molecule has 0 unspecified atom stereocenters. The van der Waals surface area contributed by atoms with Gasteiger partial charge in [0.15, 0.2) is 0 Å². The highest BCUT2D eigenvalue weighted by Crippen LogP contribution is 2.26. The zero-order valence-electron chi connectivity index (χ0n) is 23.6. The van der Waals surface area contributed by atoms with Crippen LogP contribution in [0, 0.1) is 6.92 Å². The van der Waals surface area contributed by atoms with Crippen LogP contribution in [0.15, 0.2) is 82.2 Å². The van der Waals surface area contributed by atoms with E-state index in [9.17, 15) is 18.0 Å². The number of methoxy groups -OCH3 is 1. The summed E-state index contributed by atoms with van der Waals surface area (Å²) in [5, 5.41) is 2.92. The predicted octanol–water partition coefficient (Wildman–Crippen LogP) is 5.29. The second-order valence-electron chi connectivity index (χ2n) is 10.6. The Bertz CT molecular complexity index is 1420. The van der Waals surface area contributed by atoms with Gasteiger partial charge in [0, 0.05) is 16.6 Å². The summed E-state index contributed by atoms with van der Waals surface area (Å²) in [7, 11) is -2.65. The monoisotopic (exact) mass is 629 g/mol. The number of halogens is 1. The summed E-state index contributed by atoms with van der Waals surface area (Å²) in [5.41, 5.74) is 1.57. The van der Waals surface area contributed by atoms with Crippen molar-refractivity contribution in [1.82, 2.24) is 10.2 Å². The molecule has 0 saturated heterocycles. The van der Waals surface area contributed by atoms with Crippen LogP contribution in [0.25, 0.3) is 0 Å². The zero-order chi connectivity index (χ0) is 29.7. The number of hydrogen-bond acceptors (Lipinski definition) is 5. The van der Waals surface area contributed by atoms with E-state index in [0.29, 0.717) is 11.4 Å². The van der Waals surface area contributed by atoms with Gasteiger partial charge in [0.2, 0.25) is 11.8 Å². The van der Waals surface area contributed by atoms with E-state index < -0.39 is 34.1 Å². The first-order valence-corrected chi connectivity index (χ1v) is 15.0. The molecular formula is C30H36BrN3O5S. The molecule has 8 nitrogen and oxygen atoms in total. The van der Waals surface area contributed by atoms with Crippen LogP contribution in [0.5, 0.6) is 5.75 Å². The number of aryl methyl sites for hydroxylation is 1. The van der Waals surface area contributed by atoms with E-state index in [0.717, 1.165) is 19.9 Å². The van der Waals surface area contributed by atoms with Gasteiger partial charge in [-0.2, -0.15) is 0 Å². The molecule has 1 atom stereocenters. The number of nitrogens with zero attached hydrogens (tertiary/aromatic N) is 2. The fraction of sp³-hybridized carbons (Fsp3) is 0.333. The number of sulfonamides is 1. The highest BCUT2D eigenvalue weighted by atomic mass is 79.9. The first-order valence-electron chi connectivity index (χ1n) is 12.8. The molecule has 0 saturated carbocycles. The van der Waals surface area contributed by atoms with E-state index in [4.69, 9.17) is 4.74 Å². The van der Waals surface area contributed by atoms with Crippen molar-refractivity contribution in [3.63, 3.8) is 0 Å². The normalized spacial score (nSPS) is 12.4. The summed E-state index contributed by atoms with van der Waals surface area (Å²) in [5.74, 6) is -0.341. The molecule has 0 aliphatic rings. The van der Waals surface area contributed by atoms with Crippen LogP contribution in [0.2, 0.25) is 0 Å². The molecule has 40 heavy (non-hydrogen) atoms. The van der Waals surface area contributed by atoms with Gasteiger partial charge in [0.25, 0.3) is 10.0 Å². The van der Waals surface area contributed by atoms with Gasteiger partial charge in [-0.25, -0.2) is 8.42 Å². The average molecular weight is 631 g/mol. The lowest BCUT2D eigenvalue weighted by Gasteiger charge is -2.33. The lowest BCUT2D eigenvalue weighted by atomic mass is 10.1. The summed E-state index contributed by atoms with van der Waals surface area (Å²) < 4.78 is 34.9. The first kappa shape index (κ1) is 31.2. The van der Waals surface area contributed by atoms with Crippen molar-refractivity contribution in [3.05, 3.63) is 88.4 Å². The minimum atomic E-state index is -4.15. The largest absolute Gasteiger partial charge is 0.497 e. The van der Waals surface area contributed by atoms with Gasteiger partial charge in [0.05, 0.1) is 17.7 Å². The summed E-state index contributed by atoms with van der Waals surface area (Å²) in [6, 6.07) is 19.4. The SMILES string of the molecule is COc1ccc(S(=O)(=O)N(CC(=O)N(Cc2ccc(Br)cc2)[C@@H](C)C(=O)NC(C)(C)C)c2ccc(C)cc2)cc1. The van der Waals surface area contributed by atoms with Crippen LogP contribution < -0.4 is 14.4 Å².